The number of rotatable bonds is 14. The Morgan fingerprint density at radius 1 is 0.358 bits per heavy atom. The molecule has 0 amide bonds. The molecule has 0 radical (unpaired) electrons. The van der Waals surface area contributed by atoms with Crippen molar-refractivity contribution in [3.8, 4) is 34.5 Å². The van der Waals surface area contributed by atoms with Crippen molar-refractivity contribution in [3.63, 3.8) is 0 Å². The van der Waals surface area contributed by atoms with Gasteiger partial charge in [-0.1, -0.05) is 111 Å². The maximum atomic E-state index is 14.2. The second-order valence-corrected chi connectivity index (χ2v) is 16.1. The largest absolute Gasteiger partial charge is 0.647 e. The van der Waals surface area contributed by atoms with Crippen molar-refractivity contribution in [1.29, 1.82) is 0 Å². The molecule has 0 aliphatic heterocycles. The molecule has 0 unspecified atom stereocenters. The molecule has 6 rings (SSSR count). The molecule has 0 heterocycles. The van der Waals surface area contributed by atoms with Crippen LogP contribution >= 0.6 is 15.6 Å². The highest BCUT2D eigenvalue weighted by Gasteiger charge is 2.36. The van der Waals surface area contributed by atoms with E-state index in [2.05, 4.69) is 13.8 Å². The van der Waals surface area contributed by atoms with E-state index in [9.17, 15) is 9.13 Å². The molecule has 53 heavy (non-hydrogen) atoms. The van der Waals surface area contributed by atoms with Crippen LogP contribution in [0.3, 0.4) is 0 Å². The Bertz CT molecular complexity index is 2020. The smallest absolute Gasteiger partial charge is 0.386 e. The summed E-state index contributed by atoms with van der Waals surface area (Å²) in [4.78, 5) is 0. The highest BCUT2D eigenvalue weighted by atomic mass is 31.2. The second kappa shape index (κ2) is 15.7. The summed E-state index contributed by atoms with van der Waals surface area (Å²) in [7, 11) is -8.37. The van der Waals surface area contributed by atoms with Gasteiger partial charge in [0.15, 0.2) is 0 Å². The quantitative estimate of drug-likeness (QED) is 0.102. The molecule has 0 spiro atoms. The zero-order valence-corrected chi connectivity index (χ0v) is 32.3. The van der Waals surface area contributed by atoms with Crippen molar-refractivity contribution < 1.29 is 36.3 Å². The van der Waals surface area contributed by atoms with Crippen molar-refractivity contribution in [2.75, 3.05) is 0 Å². The average molecular weight is 749 g/mol. The number of benzene rings is 6. The fraction of sp³-hybridized carbons (Fsp3) is 0.163. The zero-order valence-electron chi connectivity index (χ0n) is 30.5. The van der Waals surface area contributed by atoms with Gasteiger partial charge in [0.25, 0.3) is 0 Å². The molecule has 6 aromatic rings. The standard InChI is InChI=1S/C43H42O8P2/c1-31-15-7-11-19-39(31)48-52(44,49-40-20-12-8-16-32(40)2)46-37-27-23-35(24-28-37)43(5,6)36-25-29-38(30-26-36)47-53(45,50-41-21-13-9-17-33(41)3)51-42-22-14-10-18-34(42)4/h7-30H,1-6H3. The predicted octanol–water partition coefficient (Wildman–Crippen LogP) is 12.5. The number of phosphoric acid groups is 2. The van der Waals surface area contributed by atoms with E-state index < -0.39 is 21.1 Å². The lowest BCUT2D eigenvalue weighted by molar-refractivity contribution is 0.295. The van der Waals surface area contributed by atoms with E-state index in [0.717, 1.165) is 33.4 Å². The normalized spacial score (nSPS) is 11.7. The summed E-state index contributed by atoms with van der Waals surface area (Å²) < 4.78 is 64.2. The average Bonchev–Trinajstić information content (AvgIpc) is 3.13. The van der Waals surface area contributed by atoms with Gasteiger partial charge >= 0.3 is 15.6 Å². The van der Waals surface area contributed by atoms with E-state index in [1.54, 1.807) is 72.8 Å². The van der Waals surface area contributed by atoms with Crippen LogP contribution in [0, 0.1) is 27.7 Å². The lowest BCUT2D eigenvalue weighted by Crippen LogP contribution is -2.18. The van der Waals surface area contributed by atoms with E-state index in [-0.39, 0.29) is 0 Å². The first-order chi connectivity index (χ1) is 25.3. The lowest BCUT2D eigenvalue weighted by atomic mass is 9.78. The van der Waals surface area contributed by atoms with E-state index in [0.29, 0.717) is 34.5 Å². The maximum absolute atomic E-state index is 14.2. The third-order valence-corrected chi connectivity index (χ3v) is 11.4. The summed E-state index contributed by atoms with van der Waals surface area (Å²) in [5.74, 6) is 2.22. The van der Waals surface area contributed by atoms with Crippen molar-refractivity contribution in [3.05, 3.63) is 179 Å². The van der Waals surface area contributed by atoms with Crippen LogP contribution in [0.5, 0.6) is 34.5 Å². The summed E-state index contributed by atoms with van der Waals surface area (Å²) in [5.41, 5.74) is 4.61. The number of aryl methyl sites for hydroxylation is 4. The maximum Gasteiger partial charge on any atom is 0.647 e. The van der Waals surface area contributed by atoms with Gasteiger partial charge in [-0.25, -0.2) is 0 Å². The van der Waals surface area contributed by atoms with Crippen molar-refractivity contribution in [2.45, 2.75) is 47.0 Å². The third-order valence-electron chi connectivity index (χ3n) is 8.80. The molecule has 6 aromatic carbocycles. The number of hydrogen-bond acceptors (Lipinski definition) is 8. The molecule has 0 saturated carbocycles. The van der Waals surface area contributed by atoms with Crippen LogP contribution in [-0.4, -0.2) is 0 Å². The summed E-state index contributed by atoms with van der Waals surface area (Å²) in [6, 6.07) is 43.6. The minimum absolute atomic E-state index is 0.317. The minimum Gasteiger partial charge on any atom is -0.386 e. The predicted molar refractivity (Wildman–Crippen MR) is 209 cm³/mol. The van der Waals surface area contributed by atoms with Crippen LogP contribution in [0.25, 0.3) is 0 Å². The summed E-state index contributed by atoms with van der Waals surface area (Å²) in [6.45, 7) is 11.6. The Morgan fingerprint density at radius 2 is 0.604 bits per heavy atom. The summed E-state index contributed by atoms with van der Waals surface area (Å²) >= 11 is 0. The van der Waals surface area contributed by atoms with Crippen molar-refractivity contribution >= 4 is 15.6 Å². The van der Waals surface area contributed by atoms with Gasteiger partial charge < -0.3 is 27.1 Å². The van der Waals surface area contributed by atoms with Gasteiger partial charge in [0.2, 0.25) is 0 Å². The minimum atomic E-state index is -4.18. The number of para-hydroxylation sites is 4. The molecule has 272 valence electrons. The zero-order chi connectivity index (χ0) is 37.6. The van der Waals surface area contributed by atoms with Crippen LogP contribution in [0.1, 0.15) is 47.2 Å². The van der Waals surface area contributed by atoms with E-state index in [1.807, 2.05) is 100 Å². The molecule has 0 aliphatic carbocycles. The van der Waals surface area contributed by atoms with Crippen LogP contribution in [0.2, 0.25) is 0 Å². The first kappa shape index (κ1) is 37.3. The topological polar surface area (TPSA) is 89.5 Å². The molecule has 0 bridgehead atoms. The molecule has 0 aliphatic rings. The van der Waals surface area contributed by atoms with Crippen molar-refractivity contribution in [1.82, 2.24) is 0 Å². The first-order valence-corrected chi connectivity index (χ1v) is 20.1. The SMILES string of the molecule is Cc1ccccc1OP(=O)(Oc1ccc(C(C)(C)c2ccc(OP(=O)(Oc3ccccc3C)Oc3ccccc3C)cc2)cc1)Oc1ccccc1C. The van der Waals surface area contributed by atoms with Gasteiger partial charge in [0, 0.05) is 5.41 Å². The van der Waals surface area contributed by atoms with Gasteiger partial charge in [-0.2, -0.15) is 9.13 Å². The molecule has 0 atom stereocenters. The molecule has 0 fully saturated rings. The Kier molecular flexibility index (Phi) is 11.0. The van der Waals surface area contributed by atoms with E-state index in [1.165, 1.54) is 0 Å². The summed E-state index contributed by atoms with van der Waals surface area (Å²) in [6.07, 6.45) is 0. The van der Waals surface area contributed by atoms with Crippen molar-refractivity contribution in [2.24, 2.45) is 0 Å². The number of phosphoric ester groups is 2. The molecule has 0 saturated heterocycles. The van der Waals surface area contributed by atoms with Gasteiger partial charge in [0.1, 0.15) is 34.5 Å². The highest BCUT2D eigenvalue weighted by molar-refractivity contribution is 7.50. The molecular formula is C43H42O8P2. The van der Waals surface area contributed by atoms with Crippen LogP contribution in [0.4, 0.5) is 0 Å². The molecule has 0 N–H and O–H groups in total. The van der Waals surface area contributed by atoms with Crippen LogP contribution in [-0.2, 0) is 14.5 Å². The van der Waals surface area contributed by atoms with Crippen LogP contribution in [0.15, 0.2) is 146 Å². The highest BCUT2D eigenvalue weighted by Crippen LogP contribution is 2.52. The van der Waals surface area contributed by atoms with Gasteiger partial charge in [-0.05, 0) is 110 Å². The Labute approximate surface area is 311 Å². The third kappa shape index (κ3) is 9.15. The van der Waals surface area contributed by atoms with Crippen LogP contribution < -0.4 is 27.1 Å². The van der Waals surface area contributed by atoms with Gasteiger partial charge in [-0.15, -0.1) is 0 Å². The monoisotopic (exact) mass is 748 g/mol. The second-order valence-electron chi connectivity index (χ2n) is 13.2. The van der Waals surface area contributed by atoms with E-state index >= 15 is 0 Å². The fourth-order valence-electron chi connectivity index (χ4n) is 5.52. The Morgan fingerprint density at radius 3 is 0.849 bits per heavy atom. The molecule has 8 nitrogen and oxygen atoms in total. The lowest BCUT2D eigenvalue weighted by Gasteiger charge is -2.27. The summed E-state index contributed by atoms with van der Waals surface area (Å²) in [5, 5.41) is 0. The Balaban J connectivity index is 1.21. The Hall–Kier alpha value is -5.42. The van der Waals surface area contributed by atoms with Gasteiger partial charge in [0.05, 0.1) is 0 Å². The fourth-order valence-corrected chi connectivity index (χ4v) is 8.29. The number of hydrogen-bond donors (Lipinski definition) is 0. The molecule has 10 heteroatoms. The molecule has 0 aromatic heterocycles. The first-order valence-electron chi connectivity index (χ1n) is 17.1. The molecular weight excluding hydrogens is 706 g/mol. The van der Waals surface area contributed by atoms with Gasteiger partial charge in [-0.3, -0.25) is 0 Å². The van der Waals surface area contributed by atoms with E-state index in [4.69, 9.17) is 27.1 Å².